The molecule has 0 spiro atoms. The molecule has 1 aromatic carbocycles. The maximum atomic E-state index is 12.2. The average molecular weight is 345 g/mol. The Morgan fingerprint density at radius 3 is 2.80 bits per heavy atom. The van der Waals surface area contributed by atoms with E-state index in [2.05, 4.69) is 34.5 Å². The second-order valence-corrected chi connectivity index (χ2v) is 7.70. The lowest BCUT2D eigenvalue weighted by molar-refractivity contribution is -0.122. The molecule has 1 aliphatic heterocycles. The van der Waals surface area contributed by atoms with E-state index in [9.17, 15) is 9.90 Å². The summed E-state index contributed by atoms with van der Waals surface area (Å²) in [5, 5.41) is 13.0. The molecule has 3 rings (SSSR count). The quantitative estimate of drug-likeness (QED) is 0.790. The third-order valence-corrected chi connectivity index (χ3v) is 5.57. The van der Waals surface area contributed by atoms with Crippen molar-refractivity contribution in [3.63, 3.8) is 0 Å². The van der Waals surface area contributed by atoms with E-state index in [1.807, 2.05) is 18.0 Å². The molecule has 5 nitrogen and oxygen atoms in total. The van der Waals surface area contributed by atoms with Crippen molar-refractivity contribution in [3.05, 3.63) is 30.3 Å². The van der Waals surface area contributed by atoms with Gasteiger partial charge in [-0.1, -0.05) is 24.6 Å². The lowest BCUT2D eigenvalue weighted by Crippen LogP contribution is -2.40. The second kappa shape index (κ2) is 8.68. The van der Waals surface area contributed by atoms with E-state index in [1.54, 1.807) is 0 Å². The third kappa shape index (κ3) is 5.19. The fourth-order valence-electron chi connectivity index (χ4n) is 4.13. The molecule has 1 amide bonds. The van der Waals surface area contributed by atoms with Crippen molar-refractivity contribution in [2.45, 2.75) is 31.8 Å². The minimum Gasteiger partial charge on any atom is -0.393 e. The lowest BCUT2D eigenvalue weighted by atomic mass is 10.1. The average Bonchev–Trinajstić information content (AvgIpc) is 3.23. The number of benzene rings is 1. The SMILES string of the molecule is CN(CC(=O)NCC1CCN(c2ccccc2)C1)CC1CCCC1O. The third-order valence-electron chi connectivity index (χ3n) is 5.57. The summed E-state index contributed by atoms with van der Waals surface area (Å²) in [5.74, 6) is 0.936. The maximum Gasteiger partial charge on any atom is 0.234 e. The molecule has 3 unspecified atom stereocenters. The first-order valence-corrected chi connectivity index (χ1v) is 9.55. The largest absolute Gasteiger partial charge is 0.393 e. The molecule has 1 aromatic rings. The van der Waals surface area contributed by atoms with Crippen molar-refractivity contribution in [2.24, 2.45) is 11.8 Å². The Morgan fingerprint density at radius 2 is 2.08 bits per heavy atom. The molecule has 1 aliphatic carbocycles. The number of rotatable bonds is 7. The van der Waals surface area contributed by atoms with Crippen LogP contribution in [0.25, 0.3) is 0 Å². The molecule has 0 radical (unpaired) electrons. The Morgan fingerprint density at radius 1 is 1.28 bits per heavy atom. The van der Waals surface area contributed by atoms with Gasteiger partial charge in [-0.2, -0.15) is 0 Å². The number of hydrogen-bond donors (Lipinski definition) is 2. The van der Waals surface area contributed by atoms with Gasteiger partial charge in [0.25, 0.3) is 0 Å². The van der Waals surface area contributed by atoms with E-state index in [0.717, 1.165) is 51.9 Å². The van der Waals surface area contributed by atoms with Crippen LogP contribution in [-0.2, 0) is 4.79 Å². The zero-order valence-corrected chi connectivity index (χ0v) is 15.2. The Balaban J connectivity index is 1.35. The Kier molecular flexibility index (Phi) is 6.32. The second-order valence-electron chi connectivity index (χ2n) is 7.70. The van der Waals surface area contributed by atoms with Crippen LogP contribution in [0.2, 0.25) is 0 Å². The van der Waals surface area contributed by atoms with Gasteiger partial charge in [0.1, 0.15) is 0 Å². The molecule has 3 atom stereocenters. The highest BCUT2D eigenvalue weighted by Gasteiger charge is 2.27. The summed E-state index contributed by atoms with van der Waals surface area (Å²) in [6.45, 7) is 4.04. The number of nitrogens with zero attached hydrogens (tertiary/aromatic N) is 2. The summed E-state index contributed by atoms with van der Waals surface area (Å²) < 4.78 is 0. The van der Waals surface area contributed by atoms with Crippen molar-refractivity contribution in [1.29, 1.82) is 0 Å². The van der Waals surface area contributed by atoms with Crippen LogP contribution < -0.4 is 10.2 Å². The fourth-order valence-corrected chi connectivity index (χ4v) is 4.13. The van der Waals surface area contributed by atoms with Gasteiger partial charge >= 0.3 is 0 Å². The maximum absolute atomic E-state index is 12.2. The van der Waals surface area contributed by atoms with Crippen LogP contribution in [0, 0.1) is 11.8 Å². The molecule has 0 aromatic heterocycles. The number of carbonyl (C=O) groups excluding carboxylic acids is 1. The van der Waals surface area contributed by atoms with Gasteiger partial charge in [-0.3, -0.25) is 9.69 Å². The topological polar surface area (TPSA) is 55.8 Å². The highest BCUT2D eigenvalue weighted by molar-refractivity contribution is 5.78. The van der Waals surface area contributed by atoms with Gasteiger partial charge in [0, 0.05) is 31.9 Å². The molecule has 25 heavy (non-hydrogen) atoms. The Labute approximate surface area is 151 Å². The molecule has 0 bridgehead atoms. The van der Waals surface area contributed by atoms with Crippen molar-refractivity contribution >= 4 is 11.6 Å². The first-order chi connectivity index (χ1) is 12.1. The first-order valence-electron chi connectivity index (χ1n) is 9.55. The van der Waals surface area contributed by atoms with Crippen LogP contribution in [-0.4, -0.2) is 61.8 Å². The van der Waals surface area contributed by atoms with E-state index in [1.165, 1.54) is 5.69 Å². The van der Waals surface area contributed by atoms with Gasteiger partial charge < -0.3 is 15.3 Å². The number of aliphatic hydroxyl groups is 1. The van der Waals surface area contributed by atoms with Crippen LogP contribution in [0.15, 0.2) is 30.3 Å². The summed E-state index contributed by atoms with van der Waals surface area (Å²) in [5.41, 5.74) is 1.27. The number of hydrogen-bond acceptors (Lipinski definition) is 4. The van der Waals surface area contributed by atoms with E-state index < -0.39 is 0 Å². The van der Waals surface area contributed by atoms with Crippen molar-refractivity contribution in [2.75, 3.05) is 44.7 Å². The summed E-state index contributed by atoms with van der Waals surface area (Å²) in [6.07, 6.45) is 4.02. The summed E-state index contributed by atoms with van der Waals surface area (Å²) in [6, 6.07) is 10.5. The molecular weight excluding hydrogens is 314 g/mol. The molecule has 1 saturated carbocycles. The summed E-state index contributed by atoms with van der Waals surface area (Å²) in [7, 11) is 1.97. The van der Waals surface area contributed by atoms with Crippen LogP contribution >= 0.6 is 0 Å². The number of nitrogens with one attached hydrogen (secondary N) is 1. The van der Waals surface area contributed by atoms with Crippen molar-refractivity contribution < 1.29 is 9.90 Å². The van der Waals surface area contributed by atoms with Gasteiger partial charge in [-0.25, -0.2) is 0 Å². The van der Waals surface area contributed by atoms with Crippen LogP contribution in [0.1, 0.15) is 25.7 Å². The van der Waals surface area contributed by atoms with E-state index >= 15 is 0 Å². The highest BCUT2D eigenvalue weighted by Crippen LogP contribution is 2.26. The number of carbonyl (C=O) groups is 1. The molecular formula is C20H31N3O2. The van der Waals surface area contributed by atoms with Gasteiger partial charge in [-0.15, -0.1) is 0 Å². The molecule has 1 heterocycles. The van der Waals surface area contributed by atoms with Gasteiger partial charge in [0.2, 0.25) is 5.91 Å². The summed E-state index contributed by atoms with van der Waals surface area (Å²) in [4.78, 5) is 16.6. The van der Waals surface area contributed by atoms with Crippen LogP contribution in [0.3, 0.4) is 0 Å². The minimum atomic E-state index is -0.187. The number of amides is 1. The number of aliphatic hydroxyl groups excluding tert-OH is 1. The number of likely N-dealkylation sites (N-methyl/N-ethyl adjacent to an activating group) is 1. The van der Waals surface area contributed by atoms with Gasteiger partial charge in [-0.05, 0) is 50.3 Å². The standard InChI is InChI=1S/C20H31N3O2/c1-22(14-17-6-5-9-19(17)24)15-20(25)21-12-16-10-11-23(13-16)18-7-3-2-4-8-18/h2-4,7-8,16-17,19,24H,5-6,9-15H2,1H3,(H,21,25). The van der Waals surface area contributed by atoms with Crippen LogP contribution in [0.5, 0.6) is 0 Å². The van der Waals surface area contributed by atoms with Gasteiger partial charge in [0.15, 0.2) is 0 Å². The highest BCUT2D eigenvalue weighted by atomic mass is 16.3. The monoisotopic (exact) mass is 345 g/mol. The predicted molar refractivity (Wildman–Crippen MR) is 101 cm³/mol. The molecule has 1 saturated heterocycles. The van der Waals surface area contributed by atoms with Crippen molar-refractivity contribution in [3.8, 4) is 0 Å². The number of para-hydroxylation sites is 1. The van der Waals surface area contributed by atoms with E-state index in [4.69, 9.17) is 0 Å². The lowest BCUT2D eigenvalue weighted by Gasteiger charge is -2.23. The Bertz CT molecular complexity index is 551. The van der Waals surface area contributed by atoms with Crippen LogP contribution in [0.4, 0.5) is 5.69 Å². The normalized spacial score (nSPS) is 26.4. The number of anilines is 1. The molecule has 2 N–H and O–H groups in total. The molecule has 5 heteroatoms. The molecule has 2 aliphatic rings. The smallest absolute Gasteiger partial charge is 0.234 e. The molecule has 2 fully saturated rings. The Hall–Kier alpha value is -1.59. The summed E-state index contributed by atoms with van der Waals surface area (Å²) >= 11 is 0. The zero-order valence-electron chi connectivity index (χ0n) is 15.2. The van der Waals surface area contributed by atoms with E-state index in [0.29, 0.717) is 18.4 Å². The minimum absolute atomic E-state index is 0.0909. The predicted octanol–water partition coefficient (Wildman–Crippen LogP) is 1.72. The zero-order chi connectivity index (χ0) is 17.6. The molecule has 138 valence electrons. The van der Waals surface area contributed by atoms with E-state index in [-0.39, 0.29) is 12.0 Å². The first kappa shape index (κ1) is 18.2. The van der Waals surface area contributed by atoms with Gasteiger partial charge in [0.05, 0.1) is 12.6 Å². The fraction of sp³-hybridized carbons (Fsp3) is 0.650. The van der Waals surface area contributed by atoms with Crippen molar-refractivity contribution in [1.82, 2.24) is 10.2 Å².